The van der Waals surface area contributed by atoms with Gasteiger partial charge in [-0.05, 0) is 0 Å². The van der Waals surface area contributed by atoms with Crippen LogP contribution >= 0.6 is 13.0 Å². The molecule has 0 unspecified atom stereocenters. The van der Waals surface area contributed by atoms with E-state index in [9.17, 15) is 0 Å². The van der Waals surface area contributed by atoms with Crippen molar-refractivity contribution in [2.45, 2.75) is 0 Å². The number of hydrogen-bond donors (Lipinski definition) is 0. The maximum absolute atomic E-state index is 2.39. The molecular weight excluding hydrogens is 497 g/mol. The van der Waals surface area contributed by atoms with Crippen LogP contribution in [0.3, 0.4) is 0 Å². The Labute approximate surface area is 203 Å². The van der Waals surface area contributed by atoms with Crippen LogP contribution in [0.25, 0.3) is 0 Å². The first kappa shape index (κ1) is 22.3. The van der Waals surface area contributed by atoms with Gasteiger partial charge < -0.3 is 0 Å². The van der Waals surface area contributed by atoms with Crippen molar-refractivity contribution in [1.29, 1.82) is 0 Å². The van der Waals surface area contributed by atoms with Crippen molar-refractivity contribution in [3.05, 3.63) is 152 Å². The van der Waals surface area contributed by atoms with Crippen LogP contribution in [0, 0.1) is 0 Å². The molecule has 0 aromatic heterocycles. The summed E-state index contributed by atoms with van der Waals surface area (Å²) in [6.07, 6.45) is 0. The van der Waals surface area contributed by atoms with Crippen LogP contribution in [0.4, 0.5) is 0 Å². The van der Waals surface area contributed by atoms with Crippen molar-refractivity contribution in [1.82, 2.24) is 0 Å². The van der Waals surface area contributed by atoms with Gasteiger partial charge >= 0.3 is 204 Å². The van der Waals surface area contributed by atoms with E-state index in [2.05, 4.69) is 152 Å². The topological polar surface area (TPSA) is 0 Å². The molecule has 0 amide bonds. The van der Waals surface area contributed by atoms with E-state index in [1.807, 2.05) is 0 Å². The molecule has 0 aliphatic heterocycles. The molecule has 0 atom stereocenters. The molecule has 0 fully saturated rings. The zero-order chi connectivity index (χ0) is 22.3. The van der Waals surface area contributed by atoms with E-state index in [1.165, 1.54) is 21.2 Å². The van der Waals surface area contributed by atoms with Crippen LogP contribution in [-0.2, 0) is 0 Å². The maximum atomic E-state index is 2.39. The Morgan fingerprint density at radius 1 is 0.303 bits per heavy atom. The third-order valence-corrected chi connectivity index (χ3v) is 29.4. The zero-order valence-electron chi connectivity index (χ0n) is 18.3. The molecule has 5 aromatic rings. The van der Waals surface area contributed by atoms with Gasteiger partial charge in [0, 0.05) is 0 Å². The van der Waals surface area contributed by atoms with Crippen molar-refractivity contribution in [3.8, 4) is 0 Å². The summed E-state index contributed by atoms with van der Waals surface area (Å²) in [5, 5.41) is 5.95. The van der Waals surface area contributed by atoms with Crippen LogP contribution in [0.15, 0.2) is 152 Å². The molecule has 3 heteroatoms. The third-order valence-electron chi connectivity index (χ3n) is 5.37. The summed E-state index contributed by atoms with van der Waals surface area (Å²) in [5.41, 5.74) is 0. The number of hydrogen-bond acceptors (Lipinski definition) is 0. The first-order chi connectivity index (χ1) is 16.4. The number of rotatable bonds is 7. The Morgan fingerprint density at radius 3 is 0.818 bits per heavy atom. The molecule has 160 valence electrons. The Balaban J connectivity index is 1.79. The van der Waals surface area contributed by atoms with Crippen molar-refractivity contribution in [3.63, 3.8) is 0 Å². The predicted molar refractivity (Wildman–Crippen MR) is 150 cm³/mol. The van der Waals surface area contributed by atoms with Crippen LogP contribution < -0.4 is 25.6 Å². The molecular formula is C30H25AsP2. The van der Waals surface area contributed by atoms with Gasteiger partial charge in [-0.2, -0.15) is 0 Å². The Bertz CT molecular complexity index is 1090. The van der Waals surface area contributed by atoms with Gasteiger partial charge in [0.2, 0.25) is 0 Å². The van der Waals surface area contributed by atoms with Crippen molar-refractivity contribution < 1.29 is 0 Å². The van der Waals surface area contributed by atoms with Gasteiger partial charge in [-0.15, -0.1) is 0 Å². The second kappa shape index (κ2) is 11.1. The quantitative estimate of drug-likeness (QED) is 0.192. The van der Waals surface area contributed by atoms with Gasteiger partial charge in [-0.25, -0.2) is 0 Å². The Kier molecular flexibility index (Phi) is 7.50. The van der Waals surface area contributed by atoms with E-state index >= 15 is 0 Å². The van der Waals surface area contributed by atoms with Gasteiger partial charge in [0.25, 0.3) is 0 Å². The minimum atomic E-state index is -1.70. The van der Waals surface area contributed by atoms with Gasteiger partial charge in [-0.1, -0.05) is 0 Å². The molecule has 0 saturated carbocycles. The fourth-order valence-corrected chi connectivity index (χ4v) is 32.3. The summed E-state index contributed by atoms with van der Waals surface area (Å²) in [6.45, 7) is -1.01. The van der Waals surface area contributed by atoms with Gasteiger partial charge in [-0.3, -0.25) is 0 Å². The van der Waals surface area contributed by atoms with Gasteiger partial charge in [0.1, 0.15) is 0 Å². The minimum absolute atomic E-state index is 0.503. The molecule has 0 spiro atoms. The number of benzene rings is 5. The summed E-state index contributed by atoms with van der Waals surface area (Å²) in [6, 6.07) is 56.4. The second-order valence-electron chi connectivity index (χ2n) is 7.59. The fraction of sp³-hybridized carbons (Fsp3) is 0. The monoisotopic (exact) mass is 522 g/mol. The molecule has 0 bridgehead atoms. The summed E-state index contributed by atoms with van der Waals surface area (Å²) in [7, 11) is 0. The SMILES string of the molecule is c1ccc(P(c2ccccc2)[As](c2ccccc2)P(c2ccccc2)c2ccccc2)cc1. The van der Waals surface area contributed by atoms with Crippen LogP contribution in [0.5, 0.6) is 0 Å². The van der Waals surface area contributed by atoms with E-state index < -0.39 is 26.7 Å². The molecule has 0 aliphatic rings. The first-order valence-corrected chi connectivity index (χ1v) is 19.6. The van der Waals surface area contributed by atoms with Gasteiger partial charge in [0.15, 0.2) is 0 Å². The van der Waals surface area contributed by atoms with Crippen LogP contribution in [-0.4, -0.2) is 13.7 Å². The van der Waals surface area contributed by atoms with E-state index in [0.29, 0.717) is 0 Å². The Hall–Kier alpha value is -2.48. The van der Waals surface area contributed by atoms with E-state index in [0.717, 1.165) is 0 Å². The van der Waals surface area contributed by atoms with Crippen molar-refractivity contribution >= 4 is 52.3 Å². The average molecular weight is 522 g/mol. The van der Waals surface area contributed by atoms with Crippen LogP contribution in [0.1, 0.15) is 0 Å². The molecule has 0 aliphatic carbocycles. The molecule has 0 saturated heterocycles. The molecule has 5 rings (SSSR count). The summed E-state index contributed by atoms with van der Waals surface area (Å²) in [4.78, 5) is 0. The molecule has 5 aromatic carbocycles. The summed E-state index contributed by atoms with van der Waals surface area (Å²) in [5.74, 6) is 0. The third kappa shape index (κ3) is 5.21. The standard InChI is InChI=1S/C30H25AsP2/c1-6-16-26(17-7-1)31(32(27-18-8-2-9-19-27)28-20-10-3-11-21-28)33(29-22-12-4-13-23-29)30-24-14-5-15-25-30/h1-25H. The van der Waals surface area contributed by atoms with Crippen molar-refractivity contribution in [2.75, 3.05) is 0 Å². The van der Waals surface area contributed by atoms with Crippen molar-refractivity contribution in [2.24, 2.45) is 0 Å². The molecule has 0 heterocycles. The second-order valence-corrected chi connectivity index (χ2v) is 24.0. The molecule has 0 radical (unpaired) electrons. The molecule has 0 nitrogen and oxygen atoms in total. The summed E-state index contributed by atoms with van der Waals surface area (Å²) >= 11 is -1.70. The van der Waals surface area contributed by atoms with Crippen LogP contribution in [0.2, 0.25) is 0 Å². The average Bonchev–Trinajstić information content (AvgIpc) is 2.91. The van der Waals surface area contributed by atoms with E-state index in [4.69, 9.17) is 0 Å². The zero-order valence-corrected chi connectivity index (χ0v) is 21.9. The predicted octanol–water partition coefficient (Wildman–Crippen LogP) is 5.65. The Morgan fingerprint density at radius 2 is 0.545 bits per heavy atom. The first-order valence-electron chi connectivity index (χ1n) is 11.1. The van der Waals surface area contributed by atoms with E-state index in [-0.39, 0.29) is 0 Å². The normalized spacial score (nSPS) is 11.2. The summed E-state index contributed by atoms with van der Waals surface area (Å²) < 4.78 is 1.56. The molecule has 0 N–H and O–H groups in total. The van der Waals surface area contributed by atoms with Gasteiger partial charge in [0.05, 0.1) is 0 Å². The fourth-order valence-electron chi connectivity index (χ4n) is 3.89. The molecule has 33 heavy (non-hydrogen) atoms. The van der Waals surface area contributed by atoms with E-state index in [1.54, 1.807) is 4.35 Å².